The van der Waals surface area contributed by atoms with E-state index in [2.05, 4.69) is 19.9 Å². The fourth-order valence-corrected chi connectivity index (χ4v) is 2.25. The van der Waals surface area contributed by atoms with Crippen LogP contribution in [0.5, 0.6) is 5.75 Å². The molecule has 0 amide bonds. The molecule has 20 heavy (non-hydrogen) atoms. The van der Waals surface area contributed by atoms with Crippen LogP contribution in [0.2, 0.25) is 0 Å². The zero-order chi connectivity index (χ0) is 14.5. The van der Waals surface area contributed by atoms with Gasteiger partial charge in [-0.15, -0.1) is 0 Å². The molecule has 0 aliphatic carbocycles. The summed E-state index contributed by atoms with van der Waals surface area (Å²) in [6.07, 6.45) is 4.10. The summed E-state index contributed by atoms with van der Waals surface area (Å²) in [6.45, 7) is 4.23. The van der Waals surface area contributed by atoms with E-state index in [0.717, 1.165) is 28.5 Å². The molecule has 0 radical (unpaired) electrons. The van der Waals surface area contributed by atoms with Gasteiger partial charge in [0.05, 0.1) is 0 Å². The van der Waals surface area contributed by atoms with Crippen molar-refractivity contribution in [3.8, 4) is 16.9 Å². The third-order valence-corrected chi connectivity index (χ3v) is 3.28. The Bertz CT molecular complexity index is 640. The number of aromatic hydroxyl groups is 1. The van der Waals surface area contributed by atoms with Gasteiger partial charge in [-0.05, 0) is 34.8 Å². The lowest BCUT2D eigenvalue weighted by atomic mass is 9.92. The summed E-state index contributed by atoms with van der Waals surface area (Å²) >= 11 is 0. The van der Waals surface area contributed by atoms with Gasteiger partial charge in [-0.25, -0.2) is 0 Å². The molecule has 0 aliphatic rings. The van der Waals surface area contributed by atoms with Crippen LogP contribution in [0.15, 0.2) is 48.5 Å². The van der Waals surface area contributed by atoms with E-state index >= 15 is 0 Å². The van der Waals surface area contributed by atoms with Crippen LogP contribution in [0.25, 0.3) is 17.2 Å². The number of phenolic OH excluding ortho intramolecular Hbond substituents is 1. The average molecular weight is 266 g/mol. The summed E-state index contributed by atoms with van der Waals surface area (Å²) in [5.74, 6) is 0.616. The minimum Gasteiger partial charge on any atom is -0.507 e. The van der Waals surface area contributed by atoms with Crippen LogP contribution >= 0.6 is 0 Å². The van der Waals surface area contributed by atoms with Crippen molar-refractivity contribution in [2.75, 3.05) is 0 Å². The Balaban J connectivity index is 2.53. The predicted molar refractivity (Wildman–Crippen MR) is 82.7 cm³/mol. The molecular weight excluding hydrogens is 248 g/mol. The molecule has 0 aliphatic heterocycles. The van der Waals surface area contributed by atoms with Gasteiger partial charge in [-0.1, -0.05) is 56.3 Å². The van der Waals surface area contributed by atoms with Crippen LogP contribution in [0.1, 0.15) is 30.9 Å². The number of hydrogen-bond acceptors (Lipinski definition) is 2. The summed E-state index contributed by atoms with van der Waals surface area (Å²) in [4.78, 5) is 10.5. The van der Waals surface area contributed by atoms with E-state index in [0.29, 0.717) is 5.92 Å². The largest absolute Gasteiger partial charge is 0.507 e. The van der Waals surface area contributed by atoms with Crippen LogP contribution in [-0.4, -0.2) is 11.4 Å². The lowest BCUT2D eigenvalue weighted by Crippen LogP contribution is -1.93. The lowest BCUT2D eigenvalue weighted by Gasteiger charge is -2.13. The molecule has 0 heterocycles. The monoisotopic (exact) mass is 266 g/mol. The molecule has 0 fully saturated rings. The maximum Gasteiger partial charge on any atom is 0.142 e. The minimum atomic E-state index is 0.276. The molecule has 0 saturated heterocycles. The maximum atomic E-state index is 10.5. The van der Waals surface area contributed by atoms with Gasteiger partial charge in [0, 0.05) is 5.56 Å². The van der Waals surface area contributed by atoms with E-state index in [1.165, 1.54) is 6.08 Å². The average Bonchev–Trinajstić information content (AvgIpc) is 2.45. The van der Waals surface area contributed by atoms with Crippen LogP contribution in [0.3, 0.4) is 0 Å². The van der Waals surface area contributed by atoms with Crippen LogP contribution in [-0.2, 0) is 4.79 Å². The Kier molecular flexibility index (Phi) is 4.36. The quantitative estimate of drug-likeness (QED) is 0.658. The summed E-state index contributed by atoms with van der Waals surface area (Å²) in [5.41, 5.74) is 3.99. The molecule has 0 aromatic heterocycles. The summed E-state index contributed by atoms with van der Waals surface area (Å²) in [7, 11) is 0. The molecule has 0 saturated carbocycles. The number of benzene rings is 2. The Labute approximate surface area is 119 Å². The van der Waals surface area contributed by atoms with E-state index in [4.69, 9.17) is 0 Å². The SMILES string of the molecule is CC(C)c1cc(-c2ccccc2O)ccc1C=CC=O. The molecule has 2 nitrogen and oxygen atoms in total. The van der Waals surface area contributed by atoms with Crippen molar-refractivity contribution in [1.82, 2.24) is 0 Å². The predicted octanol–water partition coefficient (Wildman–Crippen LogP) is 4.39. The van der Waals surface area contributed by atoms with Gasteiger partial charge in [0.2, 0.25) is 0 Å². The smallest absolute Gasteiger partial charge is 0.142 e. The Morgan fingerprint density at radius 1 is 1.10 bits per heavy atom. The molecule has 2 aromatic rings. The Hall–Kier alpha value is -2.35. The topological polar surface area (TPSA) is 37.3 Å². The first kappa shape index (κ1) is 14.1. The third kappa shape index (κ3) is 2.97. The molecule has 2 rings (SSSR count). The Morgan fingerprint density at radius 3 is 2.50 bits per heavy atom. The molecule has 0 atom stereocenters. The molecule has 2 aromatic carbocycles. The van der Waals surface area contributed by atoms with Gasteiger partial charge in [0.1, 0.15) is 12.0 Å². The van der Waals surface area contributed by atoms with Gasteiger partial charge >= 0.3 is 0 Å². The zero-order valence-electron chi connectivity index (χ0n) is 11.7. The van der Waals surface area contributed by atoms with Crippen LogP contribution < -0.4 is 0 Å². The normalized spacial score (nSPS) is 11.2. The second-order valence-electron chi connectivity index (χ2n) is 5.01. The number of hydrogen-bond donors (Lipinski definition) is 1. The van der Waals surface area contributed by atoms with Crippen molar-refractivity contribution < 1.29 is 9.90 Å². The highest BCUT2D eigenvalue weighted by Gasteiger charge is 2.09. The number of allylic oxidation sites excluding steroid dienone is 1. The van der Waals surface area contributed by atoms with Gasteiger partial charge in [-0.2, -0.15) is 0 Å². The van der Waals surface area contributed by atoms with Gasteiger partial charge in [0.15, 0.2) is 0 Å². The maximum absolute atomic E-state index is 10.5. The number of para-hydroxylation sites is 1. The first-order chi connectivity index (χ1) is 9.63. The van der Waals surface area contributed by atoms with Crippen molar-refractivity contribution in [2.45, 2.75) is 19.8 Å². The highest BCUT2D eigenvalue weighted by molar-refractivity contribution is 5.77. The summed E-state index contributed by atoms with van der Waals surface area (Å²) in [5, 5.41) is 9.94. The standard InChI is InChI=1S/C18H18O2/c1-13(2)17-12-15(10-9-14(17)6-5-11-19)16-7-3-4-8-18(16)20/h3-13,20H,1-2H3. The molecule has 1 N–H and O–H groups in total. The molecule has 0 spiro atoms. The fraction of sp³-hybridized carbons (Fsp3) is 0.167. The number of aldehydes is 1. The highest BCUT2D eigenvalue weighted by atomic mass is 16.3. The van der Waals surface area contributed by atoms with Crippen LogP contribution in [0.4, 0.5) is 0 Å². The highest BCUT2D eigenvalue weighted by Crippen LogP contribution is 2.32. The van der Waals surface area contributed by atoms with Crippen molar-refractivity contribution in [3.63, 3.8) is 0 Å². The molecule has 102 valence electrons. The van der Waals surface area contributed by atoms with E-state index in [9.17, 15) is 9.90 Å². The van der Waals surface area contributed by atoms with Crippen LogP contribution in [0, 0.1) is 0 Å². The van der Waals surface area contributed by atoms with Crippen molar-refractivity contribution in [2.24, 2.45) is 0 Å². The minimum absolute atomic E-state index is 0.276. The van der Waals surface area contributed by atoms with Gasteiger partial charge in [-0.3, -0.25) is 4.79 Å². The van der Waals surface area contributed by atoms with Crippen molar-refractivity contribution in [1.29, 1.82) is 0 Å². The lowest BCUT2D eigenvalue weighted by molar-refractivity contribution is -0.104. The second kappa shape index (κ2) is 6.20. The second-order valence-corrected chi connectivity index (χ2v) is 5.01. The Morgan fingerprint density at radius 2 is 1.85 bits per heavy atom. The van der Waals surface area contributed by atoms with Gasteiger partial charge < -0.3 is 5.11 Å². The first-order valence-electron chi connectivity index (χ1n) is 6.67. The van der Waals surface area contributed by atoms with E-state index in [1.807, 2.05) is 36.4 Å². The van der Waals surface area contributed by atoms with Crippen molar-refractivity contribution in [3.05, 3.63) is 59.7 Å². The molecule has 0 bridgehead atoms. The first-order valence-corrected chi connectivity index (χ1v) is 6.67. The molecule has 2 heteroatoms. The fourth-order valence-electron chi connectivity index (χ4n) is 2.25. The summed E-state index contributed by atoms with van der Waals surface area (Å²) in [6, 6.07) is 13.3. The number of rotatable bonds is 4. The third-order valence-electron chi connectivity index (χ3n) is 3.28. The zero-order valence-corrected chi connectivity index (χ0v) is 11.7. The van der Waals surface area contributed by atoms with Crippen molar-refractivity contribution >= 4 is 12.4 Å². The summed E-state index contributed by atoms with van der Waals surface area (Å²) < 4.78 is 0. The van der Waals surface area contributed by atoms with E-state index < -0.39 is 0 Å². The number of carbonyl (C=O) groups is 1. The number of carbonyl (C=O) groups excluding carboxylic acids is 1. The van der Waals surface area contributed by atoms with E-state index in [1.54, 1.807) is 6.07 Å². The van der Waals surface area contributed by atoms with E-state index in [-0.39, 0.29) is 5.75 Å². The molecule has 0 unspecified atom stereocenters. The van der Waals surface area contributed by atoms with Gasteiger partial charge in [0.25, 0.3) is 0 Å². The molecular formula is C18H18O2. The number of phenols is 1.